The van der Waals surface area contributed by atoms with Gasteiger partial charge in [0.15, 0.2) is 0 Å². The van der Waals surface area contributed by atoms with E-state index in [0.29, 0.717) is 12.0 Å². The lowest BCUT2D eigenvalue weighted by atomic mass is 10.1. The van der Waals surface area contributed by atoms with Crippen molar-refractivity contribution in [2.75, 3.05) is 19.7 Å². The van der Waals surface area contributed by atoms with Gasteiger partial charge in [0, 0.05) is 25.7 Å². The van der Waals surface area contributed by atoms with Crippen LogP contribution in [0.2, 0.25) is 0 Å². The monoisotopic (exact) mass is 303 g/mol. The lowest BCUT2D eigenvalue weighted by Gasteiger charge is -2.27. The Hall–Kier alpha value is -1.62. The van der Waals surface area contributed by atoms with Crippen LogP contribution < -0.4 is 15.4 Å². The van der Waals surface area contributed by atoms with Crippen LogP contribution >= 0.6 is 0 Å². The Balaban J connectivity index is 1.41. The van der Waals surface area contributed by atoms with Crippen molar-refractivity contribution in [3.05, 3.63) is 24.0 Å². The van der Waals surface area contributed by atoms with E-state index in [-0.39, 0.29) is 5.91 Å². The molecule has 22 heavy (non-hydrogen) atoms. The average Bonchev–Trinajstić information content (AvgIpc) is 3.22. The number of carbonyl (C=O) groups excluding carboxylic acids is 1. The van der Waals surface area contributed by atoms with Crippen molar-refractivity contribution < 1.29 is 9.53 Å². The molecule has 2 heterocycles. The minimum absolute atomic E-state index is 0.0577. The summed E-state index contributed by atoms with van der Waals surface area (Å²) in [6, 6.07) is 2.65. The molecule has 1 saturated heterocycles. The zero-order valence-electron chi connectivity index (χ0n) is 13.2. The Kier molecular flexibility index (Phi) is 4.93. The molecule has 5 nitrogen and oxygen atoms in total. The summed E-state index contributed by atoms with van der Waals surface area (Å²) in [5.41, 5.74) is 1.29. The third-order valence-electron chi connectivity index (χ3n) is 4.59. The maximum Gasteiger partial charge on any atom is 0.216 e. The Morgan fingerprint density at radius 2 is 2.36 bits per heavy atom. The molecule has 1 aromatic heterocycles. The summed E-state index contributed by atoms with van der Waals surface area (Å²) in [4.78, 5) is 15.1. The second-order valence-corrected chi connectivity index (χ2v) is 6.43. The molecule has 0 radical (unpaired) electrons. The third kappa shape index (κ3) is 4.19. The van der Waals surface area contributed by atoms with Crippen molar-refractivity contribution in [2.45, 2.75) is 44.6 Å². The van der Waals surface area contributed by atoms with Crippen LogP contribution in [0.25, 0.3) is 0 Å². The van der Waals surface area contributed by atoms with Crippen LogP contribution in [0.3, 0.4) is 0 Å². The molecule has 1 aliphatic heterocycles. The predicted molar refractivity (Wildman–Crippen MR) is 84.9 cm³/mol. The fourth-order valence-electron chi connectivity index (χ4n) is 3.01. The minimum Gasteiger partial charge on any atom is -0.490 e. The number of amides is 1. The largest absolute Gasteiger partial charge is 0.490 e. The lowest BCUT2D eigenvalue weighted by Crippen LogP contribution is -2.46. The second kappa shape index (κ2) is 7.09. The van der Waals surface area contributed by atoms with Gasteiger partial charge in [-0.05, 0) is 55.7 Å². The van der Waals surface area contributed by atoms with Crippen LogP contribution in [0.4, 0.5) is 0 Å². The van der Waals surface area contributed by atoms with Crippen molar-refractivity contribution in [1.82, 2.24) is 15.6 Å². The molecule has 1 amide bonds. The molecule has 1 aromatic rings. The van der Waals surface area contributed by atoms with Crippen LogP contribution in [0, 0.1) is 5.92 Å². The number of hydrogen-bond acceptors (Lipinski definition) is 4. The molecule has 0 aromatic carbocycles. The van der Waals surface area contributed by atoms with Gasteiger partial charge in [0.05, 0.1) is 6.20 Å². The van der Waals surface area contributed by atoms with E-state index in [9.17, 15) is 4.79 Å². The molecule has 0 bridgehead atoms. The van der Waals surface area contributed by atoms with Gasteiger partial charge in [-0.25, -0.2) is 0 Å². The summed E-state index contributed by atoms with van der Waals surface area (Å²) in [5, 5.41) is 6.19. The molecule has 5 heteroatoms. The van der Waals surface area contributed by atoms with E-state index < -0.39 is 0 Å². The van der Waals surface area contributed by atoms with Crippen molar-refractivity contribution in [1.29, 1.82) is 0 Å². The van der Waals surface area contributed by atoms with Crippen LogP contribution in [-0.2, 0) is 4.79 Å². The minimum atomic E-state index is 0.0577. The summed E-state index contributed by atoms with van der Waals surface area (Å²) >= 11 is 0. The van der Waals surface area contributed by atoms with Gasteiger partial charge in [-0.2, -0.15) is 0 Å². The van der Waals surface area contributed by atoms with E-state index in [1.54, 1.807) is 13.1 Å². The smallest absolute Gasteiger partial charge is 0.216 e. The molecule has 1 saturated carbocycles. The first kappa shape index (κ1) is 15.3. The number of carbonyl (C=O) groups is 1. The van der Waals surface area contributed by atoms with Gasteiger partial charge in [0.1, 0.15) is 12.4 Å². The van der Waals surface area contributed by atoms with Gasteiger partial charge in [-0.3, -0.25) is 9.78 Å². The van der Waals surface area contributed by atoms with Gasteiger partial charge in [-0.1, -0.05) is 0 Å². The number of nitrogens with one attached hydrogen (secondary N) is 2. The highest BCUT2D eigenvalue weighted by Gasteiger charge is 2.37. The normalized spacial score (nSPS) is 26.1. The van der Waals surface area contributed by atoms with E-state index in [1.165, 1.54) is 24.8 Å². The summed E-state index contributed by atoms with van der Waals surface area (Å²) in [6.45, 7) is 4.19. The highest BCUT2D eigenvalue weighted by molar-refractivity contribution is 5.72. The Labute approximate surface area is 131 Å². The van der Waals surface area contributed by atoms with Crippen LogP contribution in [0.1, 0.15) is 44.1 Å². The first-order chi connectivity index (χ1) is 10.7. The van der Waals surface area contributed by atoms with Gasteiger partial charge in [0.25, 0.3) is 0 Å². The summed E-state index contributed by atoms with van der Waals surface area (Å²) in [6.07, 6.45) is 8.42. The molecule has 3 rings (SSSR count). The number of pyridine rings is 1. The third-order valence-corrected chi connectivity index (χ3v) is 4.59. The Bertz CT molecular complexity index is 516. The van der Waals surface area contributed by atoms with E-state index in [1.807, 2.05) is 6.20 Å². The molecule has 3 atom stereocenters. The van der Waals surface area contributed by atoms with E-state index in [2.05, 4.69) is 21.7 Å². The van der Waals surface area contributed by atoms with E-state index in [4.69, 9.17) is 4.74 Å². The molecule has 120 valence electrons. The summed E-state index contributed by atoms with van der Waals surface area (Å²) < 4.78 is 5.82. The van der Waals surface area contributed by atoms with E-state index >= 15 is 0 Å². The molecular formula is C17H25N3O2. The number of hydrogen-bond donors (Lipinski definition) is 2. The quantitative estimate of drug-likeness (QED) is 0.719. The van der Waals surface area contributed by atoms with Crippen molar-refractivity contribution >= 4 is 5.91 Å². The number of rotatable bonds is 8. The highest BCUT2D eigenvalue weighted by Crippen LogP contribution is 2.50. The SMILES string of the molecule is CC(=O)NCCCC1CC1c1cncc(OCC2CCN2)c1. The molecule has 2 aliphatic rings. The maximum absolute atomic E-state index is 10.8. The predicted octanol–water partition coefficient (Wildman–Crippen LogP) is 1.84. The number of nitrogens with zero attached hydrogens (tertiary/aromatic N) is 1. The first-order valence-electron chi connectivity index (χ1n) is 8.28. The molecule has 0 spiro atoms. The standard InChI is InChI=1S/C17H25N3O2/c1-12(21)19-5-2-3-13-8-17(13)14-7-16(10-18-9-14)22-11-15-4-6-20-15/h7,9-10,13,15,17,20H,2-6,8,11H2,1H3,(H,19,21). The second-order valence-electron chi connectivity index (χ2n) is 6.43. The van der Waals surface area contributed by atoms with Crippen molar-refractivity contribution in [3.63, 3.8) is 0 Å². The van der Waals surface area contributed by atoms with Gasteiger partial charge in [-0.15, -0.1) is 0 Å². The molecule has 1 aliphatic carbocycles. The van der Waals surface area contributed by atoms with E-state index in [0.717, 1.165) is 37.8 Å². The topological polar surface area (TPSA) is 63.2 Å². The summed E-state index contributed by atoms with van der Waals surface area (Å²) in [7, 11) is 0. The fourth-order valence-corrected chi connectivity index (χ4v) is 3.01. The fraction of sp³-hybridized carbons (Fsp3) is 0.647. The van der Waals surface area contributed by atoms with Crippen LogP contribution in [0.5, 0.6) is 5.75 Å². The number of ether oxygens (including phenoxy) is 1. The molecule has 2 N–H and O–H groups in total. The van der Waals surface area contributed by atoms with Crippen LogP contribution in [-0.4, -0.2) is 36.6 Å². The zero-order chi connectivity index (χ0) is 15.4. The number of aromatic nitrogens is 1. The molecule has 3 unspecified atom stereocenters. The zero-order valence-corrected chi connectivity index (χ0v) is 13.2. The Morgan fingerprint density at radius 1 is 1.50 bits per heavy atom. The van der Waals surface area contributed by atoms with Crippen molar-refractivity contribution in [3.8, 4) is 5.75 Å². The van der Waals surface area contributed by atoms with Gasteiger partial charge < -0.3 is 15.4 Å². The first-order valence-corrected chi connectivity index (χ1v) is 8.28. The van der Waals surface area contributed by atoms with Gasteiger partial charge >= 0.3 is 0 Å². The maximum atomic E-state index is 10.8. The average molecular weight is 303 g/mol. The van der Waals surface area contributed by atoms with Crippen LogP contribution in [0.15, 0.2) is 18.5 Å². The molecular weight excluding hydrogens is 278 g/mol. The van der Waals surface area contributed by atoms with Gasteiger partial charge in [0.2, 0.25) is 5.91 Å². The lowest BCUT2D eigenvalue weighted by molar-refractivity contribution is -0.118. The highest BCUT2D eigenvalue weighted by atomic mass is 16.5. The van der Waals surface area contributed by atoms with Crippen molar-refractivity contribution in [2.24, 2.45) is 5.92 Å². The summed E-state index contributed by atoms with van der Waals surface area (Å²) in [5.74, 6) is 2.30. The Morgan fingerprint density at radius 3 is 3.09 bits per heavy atom. The molecule has 2 fully saturated rings.